The molecule has 0 aliphatic carbocycles. The SMILES string of the molecule is COc1cc(Br)cc(Nc2nc(Cl)nc3c2ncn3CCCF)c1. The van der Waals surface area contributed by atoms with Crippen molar-refractivity contribution >= 4 is 50.2 Å². The second kappa shape index (κ2) is 7.31. The van der Waals surface area contributed by atoms with Gasteiger partial charge >= 0.3 is 0 Å². The molecule has 0 atom stereocenters. The number of anilines is 2. The zero-order chi connectivity index (χ0) is 17.1. The van der Waals surface area contributed by atoms with Crippen molar-refractivity contribution in [3.8, 4) is 5.75 Å². The highest BCUT2D eigenvalue weighted by Crippen LogP contribution is 2.29. The molecule has 3 rings (SSSR count). The maximum atomic E-state index is 12.4. The second-order valence-corrected chi connectivity index (χ2v) is 6.25. The standard InChI is InChI=1S/C15H14BrClFN5O/c1-24-11-6-9(16)5-10(7-11)20-13-12-14(22-15(17)21-13)23(8-19-12)4-2-3-18/h5-8H,2-4H2,1H3,(H,20,21,22). The van der Waals surface area contributed by atoms with Crippen LogP contribution >= 0.6 is 27.5 Å². The lowest BCUT2D eigenvalue weighted by Crippen LogP contribution is -2.01. The Morgan fingerprint density at radius 3 is 2.92 bits per heavy atom. The van der Waals surface area contributed by atoms with Gasteiger partial charge in [-0.3, -0.25) is 4.39 Å². The van der Waals surface area contributed by atoms with E-state index < -0.39 is 6.67 Å². The highest BCUT2D eigenvalue weighted by molar-refractivity contribution is 9.10. The van der Waals surface area contributed by atoms with Gasteiger partial charge in [0, 0.05) is 22.8 Å². The van der Waals surface area contributed by atoms with Crippen molar-refractivity contribution in [3.63, 3.8) is 0 Å². The third kappa shape index (κ3) is 3.59. The van der Waals surface area contributed by atoms with E-state index in [1.54, 1.807) is 18.0 Å². The summed E-state index contributed by atoms with van der Waals surface area (Å²) in [6, 6.07) is 5.55. The van der Waals surface area contributed by atoms with E-state index in [1.807, 2.05) is 18.2 Å². The predicted octanol–water partition coefficient (Wildman–Crippen LogP) is 4.35. The molecule has 24 heavy (non-hydrogen) atoms. The van der Waals surface area contributed by atoms with Gasteiger partial charge in [-0.05, 0) is 30.2 Å². The molecule has 0 unspecified atom stereocenters. The number of rotatable bonds is 6. The van der Waals surface area contributed by atoms with Crippen molar-refractivity contribution in [2.45, 2.75) is 13.0 Å². The first-order valence-electron chi connectivity index (χ1n) is 7.16. The van der Waals surface area contributed by atoms with Gasteiger partial charge in [0.25, 0.3) is 0 Å². The van der Waals surface area contributed by atoms with Crippen molar-refractivity contribution < 1.29 is 9.13 Å². The van der Waals surface area contributed by atoms with Crippen LogP contribution in [0.3, 0.4) is 0 Å². The zero-order valence-electron chi connectivity index (χ0n) is 12.8. The Morgan fingerprint density at radius 1 is 1.33 bits per heavy atom. The van der Waals surface area contributed by atoms with Gasteiger partial charge in [0.15, 0.2) is 17.0 Å². The lowest BCUT2D eigenvalue weighted by molar-refractivity contribution is 0.415. The summed E-state index contributed by atoms with van der Waals surface area (Å²) in [7, 11) is 1.60. The number of aromatic nitrogens is 4. The molecule has 126 valence electrons. The Hall–Kier alpha value is -1.93. The van der Waals surface area contributed by atoms with Crippen LogP contribution in [0.2, 0.25) is 5.28 Å². The fraction of sp³-hybridized carbons (Fsp3) is 0.267. The number of fused-ring (bicyclic) bond motifs is 1. The monoisotopic (exact) mass is 413 g/mol. The maximum Gasteiger partial charge on any atom is 0.226 e. The molecule has 0 saturated heterocycles. The predicted molar refractivity (Wildman–Crippen MR) is 94.9 cm³/mol. The minimum Gasteiger partial charge on any atom is -0.497 e. The Bertz CT molecular complexity index is 872. The van der Waals surface area contributed by atoms with Gasteiger partial charge in [-0.1, -0.05) is 15.9 Å². The molecule has 1 N–H and O–H groups in total. The lowest BCUT2D eigenvalue weighted by Gasteiger charge is -2.09. The van der Waals surface area contributed by atoms with Gasteiger partial charge in [0.1, 0.15) is 5.75 Å². The van der Waals surface area contributed by atoms with E-state index in [9.17, 15) is 4.39 Å². The first-order valence-corrected chi connectivity index (χ1v) is 8.33. The molecule has 0 aliphatic heterocycles. The summed E-state index contributed by atoms with van der Waals surface area (Å²) >= 11 is 9.46. The summed E-state index contributed by atoms with van der Waals surface area (Å²) < 4.78 is 20.3. The average Bonchev–Trinajstić information content (AvgIpc) is 2.95. The number of halogens is 3. The van der Waals surface area contributed by atoms with Crippen LogP contribution in [0.5, 0.6) is 5.75 Å². The quantitative estimate of drug-likeness (QED) is 0.607. The van der Waals surface area contributed by atoms with Gasteiger partial charge in [0.05, 0.1) is 20.1 Å². The number of methoxy groups -OCH3 is 1. The molecule has 2 heterocycles. The van der Waals surface area contributed by atoms with E-state index in [1.165, 1.54) is 0 Å². The molecule has 0 bridgehead atoms. The van der Waals surface area contributed by atoms with Gasteiger partial charge in [-0.25, -0.2) is 4.98 Å². The molecule has 0 radical (unpaired) electrons. The third-order valence-electron chi connectivity index (χ3n) is 3.34. The normalized spacial score (nSPS) is 11.0. The number of ether oxygens (including phenoxy) is 1. The molecule has 1 aromatic carbocycles. The Labute approximate surface area is 151 Å². The van der Waals surface area contributed by atoms with Crippen LogP contribution in [0.15, 0.2) is 29.0 Å². The number of nitrogens with one attached hydrogen (secondary N) is 1. The van der Waals surface area contributed by atoms with Crippen molar-refractivity contribution in [1.82, 2.24) is 19.5 Å². The van der Waals surface area contributed by atoms with Crippen LogP contribution in [0, 0.1) is 0 Å². The minimum absolute atomic E-state index is 0.0916. The first-order chi connectivity index (χ1) is 11.6. The van der Waals surface area contributed by atoms with Gasteiger partial charge in [0.2, 0.25) is 5.28 Å². The summed E-state index contributed by atoms with van der Waals surface area (Å²) in [6.45, 7) is 0.0753. The number of imidazole rings is 1. The van der Waals surface area contributed by atoms with Crippen LogP contribution < -0.4 is 10.1 Å². The number of aryl methyl sites for hydroxylation is 1. The van der Waals surface area contributed by atoms with Crippen molar-refractivity contribution in [1.29, 1.82) is 0 Å². The number of hydrogen-bond donors (Lipinski definition) is 1. The van der Waals surface area contributed by atoms with E-state index in [-0.39, 0.29) is 5.28 Å². The zero-order valence-corrected chi connectivity index (χ0v) is 15.1. The molecule has 0 amide bonds. The maximum absolute atomic E-state index is 12.4. The molecule has 2 aromatic heterocycles. The van der Waals surface area contributed by atoms with Crippen molar-refractivity contribution in [2.75, 3.05) is 19.1 Å². The van der Waals surface area contributed by atoms with Crippen LogP contribution in [0.4, 0.5) is 15.9 Å². The summed E-state index contributed by atoms with van der Waals surface area (Å²) in [5, 5.41) is 3.27. The molecule has 0 spiro atoms. The van der Waals surface area contributed by atoms with Gasteiger partial charge in [-0.15, -0.1) is 0 Å². The number of hydrogen-bond acceptors (Lipinski definition) is 5. The Balaban J connectivity index is 2.00. The van der Waals surface area contributed by atoms with E-state index in [0.717, 1.165) is 10.2 Å². The minimum atomic E-state index is -0.401. The highest BCUT2D eigenvalue weighted by atomic mass is 79.9. The summed E-state index contributed by atoms with van der Waals surface area (Å²) in [5.74, 6) is 1.17. The van der Waals surface area contributed by atoms with Crippen molar-refractivity contribution in [2.24, 2.45) is 0 Å². The Morgan fingerprint density at radius 2 is 2.17 bits per heavy atom. The number of alkyl halides is 1. The second-order valence-electron chi connectivity index (χ2n) is 5.00. The van der Waals surface area contributed by atoms with E-state index in [0.29, 0.717) is 35.7 Å². The topological polar surface area (TPSA) is 64.9 Å². The molecule has 9 heteroatoms. The number of nitrogens with zero attached hydrogens (tertiary/aromatic N) is 4. The van der Waals surface area contributed by atoms with Crippen LogP contribution in [-0.2, 0) is 6.54 Å². The van der Waals surface area contributed by atoms with Crippen LogP contribution in [0.25, 0.3) is 11.2 Å². The fourth-order valence-corrected chi connectivity index (χ4v) is 2.92. The average molecular weight is 415 g/mol. The molecule has 0 saturated carbocycles. The summed E-state index contributed by atoms with van der Waals surface area (Å²) in [6.07, 6.45) is 2.00. The Kier molecular flexibility index (Phi) is 5.15. The molecular weight excluding hydrogens is 401 g/mol. The molecule has 0 aliphatic rings. The largest absolute Gasteiger partial charge is 0.497 e. The van der Waals surface area contributed by atoms with E-state index >= 15 is 0 Å². The van der Waals surface area contributed by atoms with E-state index in [2.05, 4.69) is 36.2 Å². The molecular formula is C15H14BrClFN5O. The number of benzene rings is 1. The van der Waals surface area contributed by atoms with E-state index in [4.69, 9.17) is 16.3 Å². The van der Waals surface area contributed by atoms with Gasteiger partial charge in [-0.2, -0.15) is 9.97 Å². The lowest BCUT2D eigenvalue weighted by atomic mass is 10.3. The van der Waals surface area contributed by atoms with Crippen LogP contribution in [-0.4, -0.2) is 33.3 Å². The fourth-order valence-electron chi connectivity index (χ4n) is 2.29. The summed E-state index contributed by atoms with van der Waals surface area (Å²) in [4.78, 5) is 12.7. The smallest absolute Gasteiger partial charge is 0.226 e. The van der Waals surface area contributed by atoms with Gasteiger partial charge < -0.3 is 14.6 Å². The molecule has 6 nitrogen and oxygen atoms in total. The molecule has 3 aromatic rings. The first kappa shape index (κ1) is 16.9. The third-order valence-corrected chi connectivity index (χ3v) is 3.97. The van der Waals surface area contributed by atoms with Crippen LogP contribution in [0.1, 0.15) is 6.42 Å². The summed E-state index contributed by atoms with van der Waals surface area (Å²) in [5.41, 5.74) is 1.89. The van der Waals surface area contributed by atoms with Crippen molar-refractivity contribution in [3.05, 3.63) is 34.3 Å². The highest BCUT2D eigenvalue weighted by Gasteiger charge is 2.13. The molecule has 0 fully saturated rings.